The van der Waals surface area contributed by atoms with Crippen LogP contribution in [-0.4, -0.2) is 37.5 Å². The molecule has 0 spiro atoms. The quantitative estimate of drug-likeness (QED) is 0.789. The predicted octanol–water partition coefficient (Wildman–Crippen LogP) is 1.70. The molecule has 0 bridgehead atoms. The fourth-order valence-electron chi connectivity index (χ4n) is 2.83. The van der Waals surface area contributed by atoms with Crippen LogP contribution in [0.4, 0.5) is 5.69 Å². The van der Waals surface area contributed by atoms with Gasteiger partial charge < -0.3 is 9.73 Å². The van der Waals surface area contributed by atoms with Gasteiger partial charge in [0, 0.05) is 18.3 Å². The third kappa shape index (κ3) is 3.69. The Morgan fingerprint density at radius 2 is 2.04 bits per heavy atom. The van der Waals surface area contributed by atoms with E-state index in [9.17, 15) is 18.0 Å². The molecular weight excluding hydrogens is 358 g/mol. The summed E-state index contributed by atoms with van der Waals surface area (Å²) in [6.45, 7) is 1.43. The molecule has 2 N–H and O–H groups in total. The number of anilines is 1. The molecule has 1 fully saturated rings. The van der Waals surface area contributed by atoms with Gasteiger partial charge in [0.2, 0.25) is 5.91 Å². The van der Waals surface area contributed by atoms with E-state index >= 15 is 0 Å². The SMILES string of the molecule is CC(=O)c1cccc(NC(=O)[C@H]2C[C@@H](c3ccco3)NS(=O)(=O)N2C)c1. The number of amides is 1. The first kappa shape index (κ1) is 18.3. The van der Waals surface area contributed by atoms with E-state index in [1.165, 1.54) is 20.2 Å². The molecule has 138 valence electrons. The fourth-order valence-corrected chi connectivity index (χ4v) is 4.08. The number of rotatable bonds is 4. The zero-order chi connectivity index (χ0) is 18.9. The summed E-state index contributed by atoms with van der Waals surface area (Å²) in [6.07, 6.45) is 1.66. The highest BCUT2D eigenvalue weighted by molar-refractivity contribution is 7.87. The number of carbonyl (C=O) groups excluding carboxylic acids is 2. The molecule has 2 heterocycles. The van der Waals surface area contributed by atoms with E-state index in [-0.39, 0.29) is 12.2 Å². The Hall–Kier alpha value is -2.49. The van der Waals surface area contributed by atoms with Crippen molar-refractivity contribution in [3.63, 3.8) is 0 Å². The Morgan fingerprint density at radius 3 is 2.69 bits per heavy atom. The van der Waals surface area contributed by atoms with Crippen LogP contribution in [0.25, 0.3) is 0 Å². The van der Waals surface area contributed by atoms with E-state index in [2.05, 4.69) is 10.0 Å². The van der Waals surface area contributed by atoms with Crippen molar-refractivity contribution >= 4 is 27.6 Å². The second kappa shape index (κ2) is 7.02. The zero-order valence-corrected chi connectivity index (χ0v) is 15.1. The van der Waals surface area contributed by atoms with Crippen LogP contribution in [0, 0.1) is 0 Å². The normalized spacial score (nSPS) is 22.7. The summed E-state index contributed by atoms with van der Waals surface area (Å²) >= 11 is 0. The Kier molecular flexibility index (Phi) is 4.94. The van der Waals surface area contributed by atoms with Gasteiger partial charge in [-0.2, -0.15) is 17.4 Å². The number of likely N-dealkylation sites (N-methyl/N-ethyl adjacent to an activating group) is 1. The van der Waals surface area contributed by atoms with Crippen molar-refractivity contribution in [1.29, 1.82) is 0 Å². The van der Waals surface area contributed by atoms with E-state index in [0.717, 1.165) is 4.31 Å². The first-order valence-corrected chi connectivity index (χ1v) is 9.42. The van der Waals surface area contributed by atoms with Gasteiger partial charge in [-0.05, 0) is 37.6 Å². The highest BCUT2D eigenvalue weighted by Crippen LogP contribution is 2.28. The topological polar surface area (TPSA) is 109 Å². The van der Waals surface area contributed by atoms with Crippen LogP contribution in [0.2, 0.25) is 0 Å². The molecular formula is C17H19N3O5S. The largest absolute Gasteiger partial charge is 0.468 e. The van der Waals surface area contributed by atoms with E-state index < -0.39 is 28.2 Å². The second-order valence-electron chi connectivity index (χ2n) is 6.08. The number of nitrogens with zero attached hydrogens (tertiary/aromatic N) is 1. The molecule has 1 aliphatic rings. The summed E-state index contributed by atoms with van der Waals surface area (Å²) in [6, 6.07) is 8.26. The summed E-state index contributed by atoms with van der Waals surface area (Å²) in [5, 5.41) is 2.69. The monoisotopic (exact) mass is 377 g/mol. The Morgan fingerprint density at radius 1 is 1.27 bits per heavy atom. The lowest BCUT2D eigenvalue weighted by molar-refractivity contribution is -0.120. The van der Waals surface area contributed by atoms with Gasteiger partial charge in [0.15, 0.2) is 5.78 Å². The van der Waals surface area contributed by atoms with Crippen LogP contribution in [0.15, 0.2) is 47.1 Å². The zero-order valence-electron chi connectivity index (χ0n) is 14.3. The van der Waals surface area contributed by atoms with E-state index in [4.69, 9.17) is 4.42 Å². The first-order valence-electron chi connectivity index (χ1n) is 7.98. The van der Waals surface area contributed by atoms with E-state index in [1.807, 2.05) is 0 Å². The number of hydrogen-bond donors (Lipinski definition) is 2. The minimum Gasteiger partial charge on any atom is -0.468 e. The lowest BCUT2D eigenvalue weighted by atomic mass is 10.0. The number of hydrogen-bond acceptors (Lipinski definition) is 5. The molecule has 0 unspecified atom stereocenters. The lowest BCUT2D eigenvalue weighted by Crippen LogP contribution is -2.55. The predicted molar refractivity (Wildman–Crippen MR) is 94.7 cm³/mol. The molecule has 8 nitrogen and oxygen atoms in total. The van der Waals surface area contributed by atoms with Crippen molar-refractivity contribution in [2.75, 3.05) is 12.4 Å². The number of nitrogens with one attached hydrogen (secondary N) is 2. The Bertz CT molecular complexity index is 924. The first-order chi connectivity index (χ1) is 12.3. The smallest absolute Gasteiger partial charge is 0.280 e. The van der Waals surface area contributed by atoms with Gasteiger partial charge in [0.1, 0.15) is 11.8 Å². The van der Waals surface area contributed by atoms with Crippen molar-refractivity contribution in [1.82, 2.24) is 9.03 Å². The maximum absolute atomic E-state index is 12.7. The number of ketones is 1. The summed E-state index contributed by atoms with van der Waals surface area (Å²) in [7, 11) is -2.49. The summed E-state index contributed by atoms with van der Waals surface area (Å²) in [4.78, 5) is 24.2. The fraction of sp³-hybridized carbons (Fsp3) is 0.294. The third-order valence-corrected chi connectivity index (χ3v) is 5.89. The summed E-state index contributed by atoms with van der Waals surface area (Å²) < 4.78 is 33.5. The molecule has 1 aromatic carbocycles. The minimum atomic E-state index is -3.84. The van der Waals surface area contributed by atoms with E-state index in [1.54, 1.807) is 36.4 Å². The molecule has 1 aliphatic heterocycles. The molecule has 3 rings (SSSR count). The highest BCUT2D eigenvalue weighted by atomic mass is 32.2. The van der Waals surface area contributed by atoms with Gasteiger partial charge in [0.05, 0.1) is 12.3 Å². The van der Waals surface area contributed by atoms with Crippen molar-refractivity contribution < 1.29 is 22.4 Å². The van der Waals surface area contributed by atoms with Crippen LogP contribution in [0.3, 0.4) is 0 Å². The number of carbonyl (C=O) groups is 2. The molecule has 0 saturated carbocycles. The van der Waals surface area contributed by atoms with Crippen LogP contribution < -0.4 is 10.0 Å². The molecule has 26 heavy (non-hydrogen) atoms. The van der Waals surface area contributed by atoms with Crippen LogP contribution in [-0.2, 0) is 15.0 Å². The molecule has 2 atom stereocenters. The van der Waals surface area contributed by atoms with Crippen LogP contribution >= 0.6 is 0 Å². The lowest BCUT2D eigenvalue weighted by Gasteiger charge is -2.35. The van der Waals surface area contributed by atoms with Gasteiger partial charge in [0.25, 0.3) is 10.2 Å². The van der Waals surface area contributed by atoms with Gasteiger partial charge >= 0.3 is 0 Å². The Balaban J connectivity index is 1.82. The van der Waals surface area contributed by atoms with Crippen molar-refractivity contribution in [3.8, 4) is 0 Å². The molecule has 1 amide bonds. The second-order valence-corrected chi connectivity index (χ2v) is 7.85. The molecule has 2 aromatic rings. The van der Waals surface area contributed by atoms with Crippen LogP contribution in [0.1, 0.15) is 35.5 Å². The van der Waals surface area contributed by atoms with Crippen molar-refractivity contribution in [2.45, 2.75) is 25.4 Å². The maximum atomic E-state index is 12.7. The Labute approximate surface area is 151 Å². The summed E-state index contributed by atoms with van der Waals surface area (Å²) in [5.41, 5.74) is 0.893. The van der Waals surface area contributed by atoms with Crippen molar-refractivity contribution in [2.24, 2.45) is 0 Å². The molecule has 0 aliphatic carbocycles. The number of furan rings is 1. The summed E-state index contributed by atoms with van der Waals surface area (Å²) in [5.74, 6) is -0.159. The average Bonchev–Trinajstić information content (AvgIpc) is 3.11. The van der Waals surface area contributed by atoms with Gasteiger partial charge in [-0.25, -0.2) is 0 Å². The average molecular weight is 377 g/mol. The number of benzene rings is 1. The third-order valence-electron chi connectivity index (χ3n) is 4.29. The maximum Gasteiger partial charge on any atom is 0.280 e. The van der Waals surface area contributed by atoms with Crippen molar-refractivity contribution in [3.05, 3.63) is 54.0 Å². The van der Waals surface area contributed by atoms with E-state index in [0.29, 0.717) is 17.0 Å². The molecule has 1 aromatic heterocycles. The minimum absolute atomic E-state index is 0.124. The molecule has 9 heteroatoms. The van der Waals surface area contributed by atoms with Gasteiger partial charge in [-0.1, -0.05) is 12.1 Å². The molecule has 1 saturated heterocycles. The van der Waals surface area contributed by atoms with Gasteiger partial charge in [-0.15, -0.1) is 0 Å². The standard InChI is InChI=1S/C17H19N3O5S/c1-11(21)12-5-3-6-13(9-12)18-17(22)15-10-14(16-7-4-8-25-16)19-26(23,24)20(15)2/h3-9,14-15,19H,10H2,1-2H3,(H,18,22)/t14-,15+/m0/s1. The number of Topliss-reactive ketones (excluding diaryl/α,β-unsaturated/α-hetero) is 1. The van der Waals surface area contributed by atoms with Crippen LogP contribution in [0.5, 0.6) is 0 Å². The van der Waals surface area contributed by atoms with Gasteiger partial charge in [-0.3, -0.25) is 9.59 Å². The highest BCUT2D eigenvalue weighted by Gasteiger charge is 2.41. The molecule has 0 radical (unpaired) electrons.